The number of hydrogen-bond donors (Lipinski definition) is 1. The van der Waals surface area contributed by atoms with Crippen molar-refractivity contribution in [2.45, 2.75) is 26.7 Å². The van der Waals surface area contributed by atoms with Crippen LogP contribution in [0.1, 0.15) is 26.7 Å². The first-order valence-corrected chi connectivity index (χ1v) is 4.81. The molecule has 0 saturated carbocycles. The van der Waals surface area contributed by atoms with E-state index < -0.39 is 5.97 Å². The second kappa shape index (κ2) is 7.39. The van der Waals surface area contributed by atoms with Crippen molar-refractivity contribution in [3.63, 3.8) is 0 Å². The maximum Gasteiger partial charge on any atom is 0.303 e. The normalized spacial score (nSPS) is 13.6. The van der Waals surface area contributed by atoms with Crippen LogP contribution in [-0.2, 0) is 4.79 Å². The Morgan fingerprint density at radius 1 is 1.36 bits per heavy atom. The van der Waals surface area contributed by atoms with Gasteiger partial charge in [-0.15, -0.1) is 0 Å². The summed E-state index contributed by atoms with van der Waals surface area (Å²) in [7, 11) is 0. The van der Waals surface area contributed by atoms with Gasteiger partial charge in [-0.2, -0.15) is 0 Å². The number of carboxylic acids is 1. The summed E-state index contributed by atoms with van der Waals surface area (Å²) in [6, 6.07) is 0. The maximum absolute atomic E-state index is 10.4. The fourth-order valence-electron chi connectivity index (χ4n) is 0.909. The van der Waals surface area contributed by atoms with Crippen LogP contribution in [0.5, 0.6) is 0 Å². The Morgan fingerprint density at radius 3 is 2.43 bits per heavy atom. The largest absolute Gasteiger partial charge is 0.481 e. The van der Waals surface area contributed by atoms with Gasteiger partial charge >= 0.3 is 5.97 Å². The second-order valence-electron chi connectivity index (χ2n) is 2.89. The van der Waals surface area contributed by atoms with Crippen LogP contribution in [0.4, 0.5) is 0 Å². The third-order valence-corrected chi connectivity index (χ3v) is 1.66. The number of hydrogen-bond acceptors (Lipinski definition) is 1. The van der Waals surface area contributed by atoms with Gasteiger partial charge in [0.1, 0.15) is 0 Å². The van der Waals surface area contributed by atoms with Gasteiger partial charge in [0.2, 0.25) is 0 Å². The van der Waals surface area contributed by atoms with Crippen molar-refractivity contribution in [1.29, 1.82) is 0 Å². The molecule has 3 heteroatoms. The molecule has 0 radical (unpaired) electrons. The number of halogens is 1. The molecule has 0 unspecified atom stereocenters. The van der Waals surface area contributed by atoms with Crippen molar-refractivity contribution in [2.24, 2.45) is 0 Å². The van der Waals surface area contributed by atoms with Crippen molar-refractivity contribution >= 4 is 17.6 Å². The first-order valence-electron chi connectivity index (χ1n) is 4.43. The van der Waals surface area contributed by atoms with E-state index in [1.54, 1.807) is 13.0 Å². The summed E-state index contributed by atoms with van der Waals surface area (Å²) in [6.07, 6.45) is 8.04. The standard InChI is InChI=1S/C11H15ClO2/c1-3-4-10(6-5-9(2)12)7-8-11(13)14/h3-6H,7-8H2,1-2H3,(H,13,14)/b4-3-,9-5+,10-6+. The van der Waals surface area contributed by atoms with E-state index >= 15 is 0 Å². The summed E-state index contributed by atoms with van der Waals surface area (Å²) in [5.74, 6) is -0.785. The van der Waals surface area contributed by atoms with Gasteiger partial charge in [-0.3, -0.25) is 4.79 Å². The topological polar surface area (TPSA) is 37.3 Å². The first-order chi connectivity index (χ1) is 6.56. The van der Waals surface area contributed by atoms with Crippen LogP contribution in [-0.4, -0.2) is 11.1 Å². The summed E-state index contributed by atoms with van der Waals surface area (Å²) in [4.78, 5) is 10.4. The van der Waals surface area contributed by atoms with Crippen molar-refractivity contribution in [1.82, 2.24) is 0 Å². The highest BCUT2D eigenvalue weighted by atomic mass is 35.5. The molecular formula is C11H15ClO2. The van der Waals surface area contributed by atoms with Gasteiger partial charge in [-0.25, -0.2) is 0 Å². The molecule has 0 fully saturated rings. The molecule has 0 bridgehead atoms. The van der Waals surface area contributed by atoms with E-state index in [2.05, 4.69) is 0 Å². The molecule has 0 aliphatic rings. The second-order valence-corrected chi connectivity index (χ2v) is 3.48. The Bertz CT molecular complexity index is 271. The first kappa shape index (κ1) is 13.0. The fourth-order valence-corrected chi connectivity index (χ4v) is 0.972. The van der Waals surface area contributed by atoms with Crippen LogP contribution >= 0.6 is 11.6 Å². The number of aliphatic carboxylic acids is 1. The molecule has 78 valence electrons. The van der Waals surface area contributed by atoms with Gasteiger partial charge in [-0.05, 0) is 31.9 Å². The molecule has 0 aliphatic carbocycles. The van der Waals surface area contributed by atoms with E-state index in [1.807, 2.05) is 25.2 Å². The van der Waals surface area contributed by atoms with Gasteiger partial charge in [0.25, 0.3) is 0 Å². The van der Waals surface area contributed by atoms with Crippen LogP contribution in [0.15, 0.2) is 34.9 Å². The minimum Gasteiger partial charge on any atom is -0.481 e. The Balaban J connectivity index is 4.36. The highest BCUT2D eigenvalue weighted by molar-refractivity contribution is 6.29. The van der Waals surface area contributed by atoms with Gasteiger partial charge in [0, 0.05) is 11.5 Å². The van der Waals surface area contributed by atoms with Gasteiger partial charge in [0.15, 0.2) is 0 Å². The zero-order valence-electron chi connectivity index (χ0n) is 8.46. The average molecular weight is 215 g/mol. The summed E-state index contributed by atoms with van der Waals surface area (Å²) in [5.41, 5.74) is 0.968. The highest BCUT2D eigenvalue weighted by Crippen LogP contribution is 2.09. The quantitative estimate of drug-likeness (QED) is 0.712. The molecule has 0 spiro atoms. The lowest BCUT2D eigenvalue weighted by Crippen LogP contribution is -1.94. The maximum atomic E-state index is 10.4. The average Bonchev–Trinajstić information content (AvgIpc) is 2.09. The smallest absolute Gasteiger partial charge is 0.303 e. The van der Waals surface area contributed by atoms with E-state index in [0.717, 1.165) is 5.57 Å². The third-order valence-electron chi connectivity index (χ3n) is 1.54. The molecule has 1 N–H and O–H groups in total. The van der Waals surface area contributed by atoms with Gasteiger partial charge in [0.05, 0.1) is 0 Å². The van der Waals surface area contributed by atoms with E-state index in [0.29, 0.717) is 11.5 Å². The van der Waals surface area contributed by atoms with Gasteiger partial charge in [-0.1, -0.05) is 29.8 Å². The zero-order chi connectivity index (χ0) is 11.0. The Hall–Kier alpha value is -1.02. The van der Waals surface area contributed by atoms with Crippen molar-refractivity contribution in [3.8, 4) is 0 Å². The molecular weight excluding hydrogens is 200 g/mol. The summed E-state index contributed by atoms with van der Waals surface area (Å²) in [6.45, 7) is 3.68. The summed E-state index contributed by atoms with van der Waals surface area (Å²) < 4.78 is 0. The molecule has 0 aromatic rings. The predicted molar refractivity (Wildman–Crippen MR) is 59.4 cm³/mol. The van der Waals surface area contributed by atoms with E-state index in [9.17, 15) is 4.79 Å². The minimum absolute atomic E-state index is 0.144. The number of carboxylic acid groups (broad SMARTS) is 1. The van der Waals surface area contributed by atoms with Gasteiger partial charge < -0.3 is 5.11 Å². The van der Waals surface area contributed by atoms with Crippen LogP contribution in [0.3, 0.4) is 0 Å². The minimum atomic E-state index is -0.785. The van der Waals surface area contributed by atoms with E-state index in [4.69, 9.17) is 16.7 Å². The lowest BCUT2D eigenvalue weighted by Gasteiger charge is -1.97. The summed E-state index contributed by atoms with van der Waals surface area (Å²) >= 11 is 5.66. The van der Waals surface area contributed by atoms with Crippen LogP contribution in [0.2, 0.25) is 0 Å². The molecule has 0 aliphatic heterocycles. The van der Waals surface area contributed by atoms with E-state index in [1.165, 1.54) is 0 Å². The Labute approximate surface area is 89.6 Å². The molecule has 0 heterocycles. The lowest BCUT2D eigenvalue weighted by molar-refractivity contribution is -0.136. The number of carbonyl (C=O) groups is 1. The van der Waals surface area contributed by atoms with Crippen molar-refractivity contribution in [3.05, 3.63) is 34.9 Å². The zero-order valence-corrected chi connectivity index (χ0v) is 9.21. The molecule has 0 aromatic carbocycles. The molecule has 0 amide bonds. The van der Waals surface area contributed by atoms with Crippen LogP contribution in [0, 0.1) is 0 Å². The molecule has 0 saturated heterocycles. The lowest BCUT2D eigenvalue weighted by atomic mass is 10.1. The van der Waals surface area contributed by atoms with E-state index in [-0.39, 0.29) is 6.42 Å². The molecule has 14 heavy (non-hydrogen) atoms. The van der Waals surface area contributed by atoms with Crippen molar-refractivity contribution in [2.75, 3.05) is 0 Å². The van der Waals surface area contributed by atoms with Crippen molar-refractivity contribution < 1.29 is 9.90 Å². The number of rotatable bonds is 5. The summed E-state index contributed by atoms with van der Waals surface area (Å²) in [5, 5.41) is 9.20. The molecule has 0 atom stereocenters. The SMILES string of the molecule is C\C=C/C(=C\C=C(/C)Cl)CCC(=O)O. The predicted octanol–water partition coefficient (Wildman–Crippen LogP) is 3.50. The van der Waals surface area contributed by atoms with Crippen LogP contribution < -0.4 is 0 Å². The Morgan fingerprint density at radius 2 is 2.00 bits per heavy atom. The Kier molecular flexibility index (Phi) is 6.85. The highest BCUT2D eigenvalue weighted by Gasteiger charge is 1.98. The monoisotopic (exact) mass is 214 g/mol. The molecule has 2 nitrogen and oxygen atoms in total. The number of allylic oxidation sites excluding steroid dienone is 6. The third kappa shape index (κ3) is 7.62. The fraction of sp³-hybridized carbons (Fsp3) is 0.364. The van der Waals surface area contributed by atoms with Crippen LogP contribution in [0.25, 0.3) is 0 Å². The molecule has 0 rings (SSSR count). The molecule has 0 aromatic heterocycles.